The topological polar surface area (TPSA) is 52.6 Å². The summed E-state index contributed by atoms with van der Waals surface area (Å²) in [6.45, 7) is 10.7. The standard InChI is InChI=1S/C10H20O2.C7H14O2/c1-3-5-6-7-8-9-10(11)12-4-2;1-4-6(3)7(8)9-5-2/h3-9H2,1-2H3;6H,4-5H2,1-3H3. The molecule has 0 saturated heterocycles. The maximum Gasteiger partial charge on any atom is 0.308 e. The number of hydrogen-bond donors (Lipinski definition) is 0. The average molecular weight is 302 g/mol. The Hall–Kier alpha value is -1.06. The number of esters is 2. The molecule has 0 rings (SSSR count). The lowest BCUT2D eigenvalue weighted by Gasteiger charge is -2.05. The quantitative estimate of drug-likeness (QED) is 0.440. The molecule has 0 spiro atoms. The van der Waals surface area contributed by atoms with Gasteiger partial charge in [0.25, 0.3) is 0 Å². The van der Waals surface area contributed by atoms with Crippen molar-refractivity contribution in [2.75, 3.05) is 13.2 Å². The summed E-state index contributed by atoms with van der Waals surface area (Å²) in [4.78, 5) is 21.6. The Balaban J connectivity index is 0. The molecule has 0 heterocycles. The second-order valence-corrected chi connectivity index (χ2v) is 5.03. The van der Waals surface area contributed by atoms with E-state index in [1.54, 1.807) is 0 Å². The Morgan fingerprint density at radius 2 is 1.43 bits per heavy atom. The number of carbonyl (C=O) groups is 2. The number of rotatable bonds is 10. The maximum absolute atomic E-state index is 10.9. The molecule has 0 radical (unpaired) electrons. The zero-order valence-electron chi connectivity index (χ0n) is 14.6. The smallest absolute Gasteiger partial charge is 0.308 e. The lowest BCUT2D eigenvalue weighted by atomic mass is 10.1. The van der Waals surface area contributed by atoms with Crippen LogP contribution in [0.5, 0.6) is 0 Å². The van der Waals surface area contributed by atoms with Gasteiger partial charge in [0.2, 0.25) is 0 Å². The molecule has 0 saturated carbocycles. The summed E-state index contributed by atoms with van der Waals surface area (Å²) in [6.07, 6.45) is 7.38. The van der Waals surface area contributed by atoms with Crippen LogP contribution in [-0.4, -0.2) is 25.2 Å². The Kier molecular flexibility index (Phi) is 18.0. The van der Waals surface area contributed by atoms with Crippen LogP contribution in [0.4, 0.5) is 0 Å². The number of unbranched alkanes of at least 4 members (excludes halogenated alkanes) is 4. The van der Waals surface area contributed by atoms with Gasteiger partial charge in [0.1, 0.15) is 0 Å². The van der Waals surface area contributed by atoms with Crippen molar-refractivity contribution in [3.05, 3.63) is 0 Å². The van der Waals surface area contributed by atoms with Gasteiger partial charge in [-0.3, -0.25) is 9.59 Å². The van der Waals surface area contributed by atoms with Crippen LogP contribution in [0.15, 0.2) is 0 Å². The zero-order chi connectivity index (χ0) is 16.5. The molecule has 126 valence electrons. The van der Waals surface area contributed by atoms with Crippen molar-refractivity contribution < 1.29 is 19.1 Å². The molecule has 1 unspecified atom stereocenters. The molecule has 0 amide bonds. The maximum atomic E-state index is 10.9. The third-order valence-corrected chi connectivity index (χ3v) is 3.09. The minimum Gasteiger partial charge on any atom is -0.466 e. The van der Waals surface area contributed by atoms with Crippen molar-refractivity contribution in [2.24, 2.45) is 5.92 Å². The van der Waals surface area contributed by atoms with Gasteiger partial charge in [-0.1, -0.05) is 46.5 Å². The fourth-order valence-corrected chi connectivity index (χ4v) is 1.56. The van der Waals surface area contributed by atoms with Crippen LogP contribution in [0, 0.1) is 5.92 Å². The number of ether oxygens (including phenoxy) is 2. The van der Waals surface area contributed by atoms with Crippen LogP contribution in [0.1, 0.15) is 79.6 Å². The van der Waals surface area contributed by atoms with E-state index in [1.165, 1.54) is 19.3 Å². The summed E-state index contributed by atoms with van der Waals surface area (Å²) < 4.78 is 9.57. The number of carbonyl (C=O) groups excluding carboxylic acids is 2. The van der Waals surface area contributed by atoms with Gasteiger partial charge in [-0.05, 0) is 26.7 Å². The summed E-state index contributed by atoms with van der Waals surface area (Å²) >= 11 is 0. The highest BCUT2D eigenvalue weighted by molar-refractivity contribution is 5.71. The third kappa shape index (κ3) is 16.9. The molecule has 0 fully saturated rings. The molecular weight excluding hydrogens is 268 g/mol. The Morgan fingerprint density at radius 3 is 1.90 bits per heavy atom. The molecule has 21 heavy (non-hydrogen) atoms. The van der Waals surface area contributed by atoms with Crippen LogP contribution < -0.4 is 0 Å². The van der Waals surface area contributed by atoms with E-state index < -0.39 is 0 Å². The Bertz CT molecular complexity index is 251. The lowest BCUT2D eigenvalue weighted by molar-refractivity contribution is -0.147. The fourth-order valence-electron chi connectivity index (χ4n) is 1.56. The average Bonchev–Trinajstić information content (AvgIpc) is 2.47. The summed E-state index contributed by atoms with van der Waals surface area (Å²) in [6, 6.07) is 0. The predicted octanol–water partition coefficient (Wildman–Crippen LogP) is 4.51. The van der Waals surface area contributed by atoms with Crippen molar-refractivity contribution >= 4 is 11.9 Å². The van der Waals surface area contributed by atoms with Gasteiger partial charge in [0.15, 0.2) is 0 Å². The molecule has 0 aliphatic carbocycles. The summed E-state index contributed by atoms with van der Waals surface area (Å²) in [5.41, 5.74) is 0. The molecule has 0 aliphatic rings. The zero-order valence-corrected chi connectivity index (χ0v) is 14.6. The van der Waals surface area contributed by atoms with E-state index in [0.29, 0.717) is 19.6 Å². The first kappa shape index (κ1) is 22.2. The van der Waals surface area contributed by atoms with E-state index in [-0.39, 0.29) is 17.9 Å². The van der Waals surface area contributed by atoms with Crippen molar-refractivity contribution in [2.45, 2.75) is 79.6 Å². The molecule has 0 N–H and O–H groups in total. The van der Waals surface area contributed by atoms with Crippen molar-refractivity contribution in [1.82, 2.24) is 0 Å². The molecule has 0 aliphatic heterocycles. The van der Waals surface area contributed by atoms with Gasteiger partial charge < -0.3 is 9.47 Å². The van der Waals surface area contributed by atoms with Crippen molar-refractivity contribution in [3.63, 3.8) is 0 Å². The molecule has 1 atom stereocenters. The van der Waals surface area contributed by atoms with Crippen LogP contribution in [0.3, 0.4) is 0 Å². The first-order valence-corrected chi connectivity index (χ1v) is 8.35. The Labute approximate surface area is 130 Å². The SMILES string of the molecule is CCCCCCCC(=O)OCC.CCOC(=O)C(C)CC. The lowest BCUT2D eigenvalue weighted by Crippen LogP contribution is -2.13. The van der Waals surface area contributed by atoms with Gasteiger partial charge >= 0.3 is 11.9 Å². The van der Waals surface area contributed by atoms with E-state index in [2.05, 4.69) is 6.92 Å². The third-order valence-electron chi connectivity index (χ3n) is 3.09. The fraction of sp³-hybridized carbons (Fsp3) is 0.882. The van der Waals surface area contributed by atoms with Crippen LogP contribution in [0.2, 0.25) is 0 Å². The predicted molar refractivity (Wildman–Crippen MR) is 86.1 cm³/mol. The summed E-state index contributed by atoms with van der Waals surface area (Å²) in [5.74, 6) is -0.0704. The minimum atomic E-state index is -0.0833. The second-order valence-electron chi connectivity index (χ2n) is 5.03. The first-order chi connectivity index (χ1) is 10.0. The second kappa shape index (κ2) is 17.0. The minimum absolute atomic E-state index is 0.0472. The highest BCUT2D eigenvalue weighted by Crippen LogP contribution is 2.05. The summed E-state index contributed by atoms with van der Waals surface area (Å²) in [5, 5.41) is 0. The molecule has 4 heteroatoms. The monoisotopic (exact) mass is 302 g/mol. The van der Waals surface area contributed by atoms with Gasteiger partial charge in [0, 0.05) is 6.42 Å². The molecular formula is C17H34O4. The molecule has 0 aromatic rings. The van der Waals surface area contributed by atoms with Crippen LogP contribution in [0.25, 0.3) is 0 Å². The molecule has 0 aromatic heterocycles. The van der Waals surface area contributed by atoms with Gasteiger partial charge in [-0.2, -0.15) is 0 Å². The van der Waals surface area contributed by atoms with Gasteiger partial charge in [-0.15, -0.1) is 0 Å². The van der Waals surface area contributed by atoms with Gasteiger partial charge in [-0.25, -0.2) is 0 Å². The molecule has 0 bridgehead atoms. The van der Waals surface area contributed by atoms with E-state index in [0.717, 1.165) is 19.3 Å². The molecule has 4 nitrogen and oxygen atoms in total. The van der Waals surface area contributed by atoms with Crippen molar-refractivity contribution in [3.8, 4) is 0 Å². The first-order valence-electron chi connectivity index (χ1n) is 8.35. The van der Waals surface area contributed by atoms with E-state index in [4.69, 9.17) is 9.47 Å². The van der Waals surface area contributed by atoms with Crippen LogP contribution >= 0.6 is 0 Å². The molecule has 0 aromatic carbocycles. The van der Waals surface area contributed by atoms with E-state index in [9.17, 15) is 9.59 Å². The van der Waals surface area contributed by atoms with Gasteiger partial charge in [0.05, 0.1) is 19.1 Å². The largest absolute Gasteiger partial charge is 0.466 e. The van der Waals surface area contributed by atoms with Crippen molar-refractivity contribution in [1.29, 1.82) is 0 Å². The number of hydrogen-bond acceptors (Lipinski definition) is 4. The van der Waals surface area contributed by atoms with E-state index in [1.807, 2.05) is 27.7 Å². The normalized spacial score (nSPS) is 11.1. The highest BCUT2D eigenvalue weighted by Gasteiger charge is 2.09. The summed E-state index contributed by atoms with van der Waals surface area (Å²) in [7, 11) is 0. The van der Waals surface area contributed by atoms with E-state index >= 15 is 0 Å². The Morgan fingerprint density at radius 1 is 0.857 bits per heavy atom. The van der Waals surface area contributed by atoms with Crippen LogP contribution in [-0.2, 0) is 19.1 Å². The highest BCUT2D eigenvalue weighted by atomic mass is 16.5.